The first-order valence-corrected chi connectivity index (χ1v) is 6.35. The van der Waals surface area contributed by atoms with E-state index in [4.69, 9.17) is 30.5 Å². The SMILES string of the molecule is C=C(Cl)CO[C@@H]1C=C[C@H](OC(C)=O)[C@@H](COC(C)=O)O1. The Balaban J connectivity index is 2.63. The maximum Gasteiger partial charge on any atom is 0.303 e. The Hall–Kier alpha value is -1.37. The van der Waals surface area contributed by atoms with Crippen molar-refractivity contribution in [3.63, 3.8) is 0 Å². The third-order valence-electron chi connectivity index (χ3n) is 2.29. The number of esters is 2. The van der Waals surface area contributed by atoms with Crippen LogP contribution in [0, 0.1) is 0 Å². The molecular formula is C13H17ClO6. The first-order valence-electron chi connectivity index (χ1n) is 5.97. The second-order valence-electron chi connectivity index (χ2n) is 4.13. The molecule has 0 fully saturated rings. The summed E-state index contributed by atoms with van der Waals surface area (Å²) in [6.07, 6.45) is 1.28. The van der Waals surface area contributed by atoms with E-state index < -0.39 is 30.4 Å². The lowest BCUT2D eigenvalue weighted by molar-refractivity contribution is -0.194. The summed E-state index contributed by atoms with van der Waals surface area (Å²) < 4.78 is 20.8. The van der Waals surface area contributed by atoms with Gasteiger partial charge in [0.1, 0.15) is 18.8 Å². The van der Waals surface area contributed by atoms with Gasteiger partial charge in [0.05, 0.1) is 6.61 Å². The molecule has 0 spiro atoms. The van der Waals surface area contributed by atoms with Crippen LogP contribution in [0.2, 0.25) is 0 Å². The van der Waals surface area contributed by atoms with Crippen LogP contribution in [-0.4, -0.2) is 43.7 Å². The van der Waals surface area contributed by atoms with Crippen molar-refractivity contribution in [2.75, 3.05) is 13.2 Å². The highest BCUT2D eigenvalue weighted by Crippen LogP contribution is 2.18. The summed E-state index contributed by atoms with van der Waals surface area (Å²) in [6.45, 7) is 6.14. The second kappa shape index (κ2) is 8.04. The zero-order valence-electron chi connectivity index (χ0n) is 11.3. The van der Waals surface area contributed by atoms with Gasteiger partial charge in [-0.2, -0.15) is 0 Å². The number of hydrogen-bond acceptors (Lipinski definition) is 6. The highest BCUT2D eigenvalue weighted by molar-refractivity contribution is 6.29. The Morgan fingerprint density at radius 2 is 2.00 bits per heavy atom. The minimum absolute atomic E-state index is 0.0424. The van der Waals surface area contributed by atoms with Crippen LogP contribution in [0.15, 0.2) is 23.8 Å². The van der Waals surface area contributed by atoms with E-state index >= 15 is 0 Å². The minimum atomic E-state index is -0.669. The lowest BCUT2D eigenvalue weighted by Crippen LogP contribution is -2.42. The molecule has 0 saturated heterocycles. The Morgan fingerprint density at radius 3 is 2.55 bits per heavy atom. The Morgan fingerprint density at radius 1 is 1.30 bits per heavy atom. The molecule has 0 aromatic rings. The van der Waals surface area contributed by atoms with Gasteiger partial charge in [0, 0.05) is 18.9 Å². The molecule has 112 valence electrons. The van der Waals surface area contributed by atoms with Gasteiger partial charge < -0.3 is 18.9 Å². The van der Waals surface area contributed by atoms with Gasteiger partial charge in [-0.1, -0.05) is 18.2 Å². The second-order valence-corrected chi connectivity index (χ2v) is 4.67. The summed E-state index contributed by atoms with van der Waals surface area (Å²) in [6, 6.07) is 0. The lowest BCUT2D eigenvalue weighted by atomic mass is 10.1. The van der Waals surface area contributed by atoms with Gasteiger partial charge in [-0.15, -0.1) is 0 Å². The number of carbonyl (C=O) groups excluding carboxylic acids is 2. The van der Waals surface area contributed by atoms with Crippen LogP contribution < -0.4 is 0 Å². The number of carbonyl (C=O) groups is 2. The van der Waals surface area contributed by atoms with Gasteiger partial charge in [-0.3, -0.25) is 9.59 Å². The fourth-order valence-corrected chi connectivity index (χ4v) is 1.59. The lowest BCUT2D eigenvalue weighted by Gasteiger charge is -2.31. The number of rotatable bonds is 6. The van der Waals surface area contributed by atoms with E-state index in [1.54, 1.807) is 12.2 Å². The molecule has 0 bridgehead atoms. The van der Waals surface area contributed by atoms with Gasteiger partial charge in [0.25, 0.3) is 0 Å². The Kier molecular flexibility index (Phi) is 6.70. The van der Waals surface area contributed by atoms with Crippen molar-refractivity contribution in [1.82, 2.24) is 0 Å². The van der Waals surface area contributed by atoms with Crippen LogP contribution in [0.5, 0.6) is 0 Å². The summed E-state index contributed by atoms with van der Waals surface area (Å²) in [4.78, 5) is 21.9. The monoisotopic (exact) mass is 304 g/mol. The van der Waals surface area contributed by atoms with Gasteiger partial charge >= 0.3 is 11.9 Å². The van der Waals surface area contributed by atoms with E-state index in [0.29, 0.717) is 5.03 Å². The summed E-state index contributed by atoms with van der Waals surface area (Å²) in [5.74, 6) is -0.902. The number of halogens is 1. The van der Waals surface area contributed by atoms with Gasteiger partial charge in [0.15, 0.2) is 6.29 Å². The van der Waals surface area contributed by atoms with Crippen LogP contribution in [0.1, 0.15) is 13.8 Å². The highest BCUT2D eigenvalue weighted by Gasteiger charge is 2.30. The molecule has 6 nitrogen and oxygen atoms in total. The molecule has 0 aliphatic carbocycles. The van der Waals surface area contributed by atoms with Crippen molar-refractivity contribution >= 4 is 23.5 Å². The Bertz CT molecular complexity index is 406. The smallest absolute Gasteiger partial charge is 0.303 e. The van der Waals surface area contributed by atoms with E-state index in [2.05, 4.69) is 6.58 Å². The van der Waals surface area contributed by atoms with E-state index in [1.807, 2.05) is 0 Å². The van der Waals surface area contributed by atoms with Crippen molar-refractivity contribution < 1.29 is 28.5 Å². The van der Waals surface area contributed by atoms with E-state index in [9.17, 15) is 9.59 Å². The molecule has 0 saturated carbocycles. The molecule has 0 aromatic heterocycles. The average molecular weight is 305 g/mol. The minimum Gasteiger partial charge on any atom is -0.463 e. The summed E-state index contributed by atoms with van der Waals surface area (Å²) >= 11 is 5.60. The Labute approximate surface area is 122 Å². The predicted molar refractivity (Wildman–Crippen MR) is 70.9 cm³/mol. The fourth-order valence-electron chi connectivity index (χ4n) is 1.53. The van der Waals surface area contributed by atoms with E-state index in [-0.39, 0.29) is 13.2 Å². The molecule has 1 aliphatic heterocycles. The van der Waals surface area contributed by atoms with Crippen LogP contribution in [0.4, 0.5) is 0 Å². The van der Waals surface area contributed by atoms with Crippen molar-refractivity contribution in [2.24, 2.45) is 0 Å². The predicted octanol–water partition coefficient (Wildman–Crippen LogP) is 1.53. The molecule has 0 N–H and O–H groups in total. The van der Waals surface area contributed by atoms with Gasteiger partial charge in [-0.25, -0.2) is 0 Å². The van der Waals surface area contributed by atoms with Gasteiger partial charge in [0.2, 0.25) is 0 Å². The summed E-state index contributed by atoms with van der Waals surface area (Å²) in [5, 5.41) is 0.334. The standard InChI is InChI=1S/C13H17ClO6/c1-8(14)6-18-13-5-4-11(19-10(3)16)12(20-13)7-17-9(2)15/h4-5,11-13H,1,6-7H2,2-3H3/t11-,12+,13-/m0/s1. The fraction of sp³-hybridized carbons (Fsp3) is 0.538. The first-order chi connectivity index (χ1) is 9.38. The molecule has 3 atom stereocenters. The topological polar surface area (TPSA) is 71.1 Å². The van der Waals surface area contributed by atoms with Crippen molar-refractivity contribution in [3.8, 4) is 0 Å². The van der Waals surface area contributed by atoms with Crippen molar-refractivity contribution in [3.05, 3.63) is 23.8 Å². The largest absolute Gasteiger partial charge is 0.463 e. The number of hydrogen-bond donors (Lipinski definition) is 0. The third-order valence-corrected chi connectivity index (χ3v) is 2.40. The van der Waals surface area contributed by atoms with Crippen LogP contribution in [0.25, 0.3) is 0 Å². The molecule has 0 radical (unpaired) electrons. The molecular weight excluding hydrogens is 288 g/mol. The molecule has 1 heterocycles. The number of ether oxygens (including phenoxy) is 4. The van der Waals surface area contributed by atoms with Crippen molar-refractivity contribution in [1.29, 1.82) is 0 Å². The average Bonchev–Trinajstić information content (AvgIpc) is 2.35. The zero-order chi connectivity index (χ0) is 15.1. The molecule has 0 unspecified atom stereocenters. The van der Waals surface area contributed by atoms with E-state index in [0.717, 1.165) is 0 Å². The summed E-state index contributed by atoms with van der Waals surface area (Å²) in [5.41, 5.74) is 0. The molecule has 7 heteroatoms. The molecule has 0 amide bonds. The van der Waals surface area contributed by atoms with Crippen molar-refractivity contribution in [2.45, 2.75) is 32.3 Å². The molecule has 20 heavy (non-hydrogen) atoms. The maximum atomic E-state index is 11.0. The van der Waals surface area contributed by atoms with Crippen LogP contribution >= 0.6 is 11.6 Å². The third kappa shape index (κ3) is 6.18. The first kappa shape index (κ1) is 16.7. The maximum absolute atomic E-state index is 11.0. The van der Waals surface area contributed by atoms with Crippen LogP contribution in [0.3, 0.4) is 0 Å². The highest BCUT2D eigenvalue weighted by atomic mass is 35.5. The van der Waals surface area contributed by atoms with Crippen LogP contribution in [-0.2, 0) is 28.5 Å². The molecule has 0 aromatic carbocycles. The molecule has 1 aliphatic rings. The zero-order valence-corrected chi connectivity index (χ0v) is 12.1. The quantitative estimate of drug-likeness (QED) is 0.547. The van der Waals surface area contributed by atoms with E-state index in [1.165, 1.54) is 13.8 Å². The normalized spacial score (nSPS) is 25.1. The molecule has 1 rings (SSSR count). The summed E-state index contributed by atoms with van der Waals surface area (Å²) in [7, 11) is 0. The van der Waals surface area contributed by atoms with Gasteiger partial charge in [-0.05, 0) is 12.2 Å².